The van der Waals surface area contributed by atoms with Gasteiger partial charge in [-0.1, -0.05) is 221 Å². The summed E-state index contributed by atoms with van der Waals surface area (Å²) in [6.07, 6.45) is 12.5. The van der Waals surface area contributed by atoms with Gasteiger partial charge in [0.15, 0.2) is 0 Å². The van der Waals surface area contributed by atoms with Crippen LogP contribution in [0.5, 0.6) is 0 Å². The van der Waals surface area contributed by atoms with Crippen LogP contribution in [0.2, 0.25) is 0 Å². The average Bonchev–Trinajstić information content (AvgIpc) is 3.79. The van der Waals surface area contributed by atoms with Crippen LogP contribution >= 0.6 is 0 Å². The van der Waals surface area contributed by atoms with Crippen LogP contribution in [-0.2, 0) is 10.8 Å². The Kier molecular flexibility index (Phi) is 9.21. The van der Waals surface area contributed by atoms with E-state index in [-0.39, 0.29) is 11.3 Å². The molecule has 4 aliphatic carbocycles. The summed E-state index contributed by atoms with van der Waals surface area (Å²) in [5.74, 6) is 0.267. The third kappa shape index (κ3) is 5.95. The lowest BCUT2D eigenvalue weighted by molar-refractivity contribution is 0.660. The molecule has 0 spiro atoms. The molecule has 324 valence electrons. The van der Waals surface area contributed by atoms with Gasteiger partial charge in [-0.2, -0.15) is 0 Å². The van der Waals surface area contributed by atoms with Gasteiger partial charge < -0.3 is 4.90 Å². The minimum Gasteiger partial charge on any atom is -0.310 e. The fourth-order valence-corrected chi connectivity index (χ4v) is 12.3. The molecular formula is C67H51N. The highest BCUT2D eigenvalue weighted by atomic mass is 15.1. The molecule has 1 nitrogen and oxygen atoms in total. The highest BCUT2D eigenvalue weighted by Crippen LogP contribution is 2.60. The average molecular weight is 870 g/mol. The molecule has 0 saturated heterocycles. The highest BCUT2D eigenvalue weighted by molar-refractivity contribution is 5.98. The number of fused-ring (bicyclic) bond motifs is 9. The van der Waals surface area contributed by atoms with Crippen molar-refractivity contribution in [3.8, 4) is 55.6 Å². The Bertz CT molecular complexity index is 3570. The highest BCUT2D eigenvalue weighted by Gasteiger charge is 2.48. The van der Waals surface area contributed by atoms with Crippen molar-refractivity contribution in [2.45, 2.75) is 43.9 Å². The van der Waals surface area contributed by atoms with E-state index in [1.54, 1.807) is 0 Å². The van der Waals surface area contributed by atoms with Gasteiger partial charge in [-0.3, -0.25) is 0 Å². The van der Waals surface area contributed by atoms with Crippen LogP contribution in [0.15, 0.2) is 242 Å². The molecule has 0 aliphatic heterocycles. The largest absolute Gasteiger partial charge is 0.310 e. The van der Waals surface area contributed by atoms with E-state index >= 15 is 0 Å². The van der Waals surface area contributed by atoms with Gasteiger partial charge in [0.05, 0.1) is 11.1 Å². The summed E-state index contributed by atoms with van der Waals surface area (Å²) < 4.78 is 0. The van der Waals surface area contributed by atoms with Crippen molar-refractivity contribution >= 4 is 17.1 Å². The topological polar surface area (TPSA) is 3.24 Å². The lowest BCUT2D eigenvalue weighted by Crippen LogP contribution is -2.29. The van der Waals surface area contributed by atoms with Gasteiger partial charge in [0.1, 0.15) is 0 Å². The molecule has 13 rings (SSSR count). The minimum atomic E-state index is -0.579. The molecule has 1 heteroatoms. The second-order valence-electron chi connectivity index (χ2n) is 19.5. The van der Waals surface area contributed by atoms with Crippen molar-refractivity contribution < 1.29 is 0 Å². The number of allylic oxidation sites excluding steroid dienone is 6. The van der Waals surface area contributed by atoms with E-state index in [2.05, 4.69) is 262 Å². The maximum atomic E-state index is 2.59. The molecule has 0 bridgehead atoms. The molecule has 0 heterocycles. The number of hydrogen-bond acceptors (Lipinski definition) is 1. The van der Waals surface area contributed by atoms with Gasteiger partial charge in [0.25, 0.3) is 0 Å². The SMILES string of the molecule is CC1c2ccccc2-c2ccc(N(c3ccc4c(c3)C(C)(C)c3ccccc3-4)c3cc4c(cc3-c3ccc(-c5ccccc5)cc3)-c3ccccc3C4(C3=CC=CCC=C3)c3ccccc3)cc21. The monoisotopic (exact) mass is 869 g/mol. The Morgan fingerprint density at radius 1 is 0.426 bits per heavy atom. The number of benzene rings is 9. The summed E-state index contributed by atoms with van der Waals surface area (Å²) in [6, 6.07) is 77.9. The molecule has 2 unspecified atom stereocenters. The van der Waals surface area contributed by atoms with Gasteiger partial charge in [-0.05, 0) is 137 Å². The fraction of sp³-hybridized carbons (Fsp3) is 0.104. The van der Waals surface area contributed by atoms with Gasteiger partial charge in [-0.25, -0.2) is 0 Å². The van der Waals surface area contributed by atoms with E-state index in [9.17, 15) is 0 Å². The van der Waals surface area contributed by atoms with Crippen molar-refractivity contribution in [1.29, 1.82) is 0 Å². The zero-order chi connectivity index (χ0) is 45.6. The first-order valence-corrected chi connectivity index (χ1v) is 24.2. The van der Waals surface area contributed by atoms with Crippen molar-refractivity contribution in [3.05, 3.63) is 281 Å². The Balaban J connectivity index is 1.13. The summed E-state index contributed by atoms with van der Waals surface area (Å²) in [5, 5.41) is 0. The molecule has 68 heavy (non-hydrogen) atoms. The molecule has 0 aromatic heterocycles. The summed E-state index contributed by atoms with van der Waals surface area (Å²) >= 11 is 0. The number of nitrogens with zero attached hydrogens (tertiary/aromatic N) is 1. The van der Waals surface area contributed by atoms with Crippen LogP contribution in [0.3, 0.4) is 0 Å². The lowest BCUT2D eigenvalue weighted by atomic mass is 9.66. The summed E-state index contributed by atoms with van der Waals surface area (Å²) in [4.78, 5) is 2.59. The van der Waals surface area contributed by atoms with Crippen LogP contribution in [0.1, 0.15) is 72.1 Å². The zero-order valence-electron chi connectivity index (χ0n) is 38.7. The smallest absolute Gasteiger partial charge is 0.0714 e. The van der Waals surface area contributed by atoms with Crippen molar-refractivity contribution in [2.75, 3.05) is 4.90 Å². The van der Waals surface area contributed by atoms with Crippen LogP contribution in [0.4, 0.5) is 17.1 Å². The van der Waals surface area contributed by atoms with E-state index in [0.29, 0.717) is 0 Å². The Hall–Kier alpha value is -8.00. The Labute approximate surface area is 400 Å². The fourth-order valence-electron chi connectivity index (χ4n) is 12.3. The van der Waals surface area contributed by atoms with Crippen LogP contribution in [0, 0.1) is 0 Å². The number of hydrogen-bond donors (Lipinski definition) is 0. The standard InChI is InChI=1S/C67H51N/c1-44-52-26-14-15-27-53(52)54-38-36-50(40-58(44)54)68(51-37-39-57-55-28-16-18-30-61(55)66(2,3)63(57)41-51)65-43-64-60(42-59(65)47-34-32-46(33-35-47)45-20-8-6-9-21-45)56-29-17-19-31-62(56)67(64,49-24-12-7-13-25-49)48-22-10-4-5-11-23-48/h4,6-44H,5H2,1-3H3. The molecule has 0 N–H and O–H groups in total. The third-order valence-corrected chi connectivity index (χ3v) is 15.6. The van der Waals surface area contributed by atoms with Crippen molar-refractivity contribution in [2.24, 2.45) is 0 Å². The quantitative estimate of drug-likeness (QED) is 0.154. The first-order chi connectivity index (χ1) is 33.4. The van der Waals surface area contributed by atoms with Crippen LogP contribution in [-0.4, -0.2) is 0 Å². The van der Waals surface area contributed by atoms with Crippen molar-refractivity contribution in [1.82, 2.24) is 0 Å². The van der Waals surface area contributed by atoms with E-state index in [0.717, 1.165) is 23.5 Å². The maximum Gasteiger partial charge on any atom is 0.0714 e. The van der Waals surface area contributed by atoms with Crippen molar-refractivity contribution in [3.63, 3.8) is 0 Å². The summed E-state index contributed by atoms with van der Waals surface area (Å²) in [6.45, 7) is 7.16. The van der Waals surface area contributed by atoms with E-state index in [1.165, 1.54) is 100 Å². The molecule has 4 aliphatic rings. The molecule has 0 saturated carbocycles. The second-order valence-corrected chi connectivity index (χ2v) is 19.5. The predicted octanol–water partition coefficient (Wildman–Crippen LogP) is 17.7. The van der Waals surface area contributed by atoms with Gasteiger partial charge in [-0.15, -0.1) is 0 Å². The second kappa shape index (κ2) is 15.5. The summed E-state index contributed by atoms with van der Waals surface area (Å²) in [7, 11) is 0. The summed E-state index contributed by atoms with van der Waals surface area (Å²) in [5.41, 5.74) is 25.9. The third-order valence-electron chi connectivity index (χ3n) is 15.6. The first kappa shape index (κ1) is 40.3. The van der Waals surface area contributed by atoms with E-state index < -0.39 is 5.41 Å². The zero-order valence-corrected chi connectivity index (χ0v) is 38.7. The predicted molar refractivity (Wildman–Crippen MR) is 285 cm³/mol. The molecule has 0 fully saturated rings. The molecule has 0 radical (unpaired) electrons. The number of anilines is 3. The molecule has 2 atom stereocenters. The molecular weight excluding hydrogens is 819 g/mol. The van der Waals surface area contributed by atoms with Gasteiger partial charge in [0.2, 0.25) is 0 Å². The minimum absolute atomic E-state index is 0.175. The normalized spacial score (nSPS) is 17.6. The molecule has 9 aromatic carbocycles. The van der Waals surface area contributed by atoms with E-state index in [1.807, 2.05) is 0 Å². The van der Waals surface area contributed by atoms with Crippen LogP contribution < -0.4 is 4.90 Å². The van der Waals surface area contributed by atoms with Gasteiger partial charge >= 0.3 is 0 Å². The molecule has 0 amide bonds. The maximum absolute atomic E-state index is 2.59. The Morgan fingerprint density at radius 2 is 1.01 bits per heavy atom. The lowest BCUT2D eigenvalue weighted by Gasteiger charge is -2.36. The Morgan fingerprint density at radius 3 is 1.79 bits per heavy atom. The number of rotatable bonds is 7. The van der Waals surface area contributed by atoms with E-state index in [4.69, 9.17) is 0 Å². The molecule has 9 aromatic rings. The van der Waals surface area contributed by atoms with Crippen LogP contribution in [0.25, 0.3) is 55.6 Å². The van der Waals surface area contributed by atoms with Gasteiger partial charge in [0, 0.05) is 28.3 Å². The first-order valence-electron chi connectivity index (χ1n) is 24.2.